The first-order valence-electron chi connectivity index (χ1n) is 3.87. The van der Waals surface area contributed by atoms with Gasteiger partial charge in [0.1, 0.15) is 0 Å². The third kappa shape index (κ3) is 1.80. The molecule has 0 spiro atoms. The minimum atomic E-state index is -4.35. The summed E-state index contributed by atoms with van der Waals surface area (Å²) in [6.07, 6.45) is -3.69. The molecule has 0 bridgehead atoms. The molecule has 0 radical (unpaired) electrons. The zero-order chi connectivity index (χ0) is 9.35. The lowest BCUT2D eigenvalue weighted by molar-refractivity contribution is -0.103. The summed E-state index contributed by atoms with van der Waals surface area (Å²) in [4.78, 5) is 0. The fourth-order valence-electron chi connectivity index (χ4n) is 1.56. The summed E-state index contributed by atoms with van der Waals surface area (Å²) in [6.45, 7) is 2.97. The average molecular weight is 180 g/mol. The van der Waals surface area contributed by atoms with Crippen LogP contribution < -0.4 is 0 Å². The van der Waals surface area contributed by atoms with E-state index < -0.39 is 23.8 Å². The molecule has 0 heterocycles. The van der Waals surface area contributed by atoms with Gasteiger partial charge in [0.25, 0.3) is 0 Å². The van der Waals surface area contributed by atoms with Gasteiger partial charge in [-0.15, -0.1) is 0 Å². The zero-order valence-corrected chi connectivity index (χ0v) is 6.56. The standard InChI is InChI=1S/C8H11F3O/c1-5(8(9,10)11)6-3-2-4-7(6)12/h6-7,12H,1-4H2/t6-,7+/m0/s1. The van der Waals surface area contributed by atoms with Gasteiger partial charge in [-0.2, -0.15) is 13.2 Å². The van der Waals surface area contributed by atoms with Crippen LogP contribution in [0.5, 0.6) is 0 Å². The monoisotopic (exact) mass is 180 g/mol. The lowest BCUT2D eigenvalue weighted by Gasteiger charge is -2.19. The third-order valence-electron chi connectivity index (χ3n) is 2.29. The SMILES string of the molecule is C=C([C@@H]1CCC[C@H]1O)C(F)(F)F. The number of halogens is 3. The second-order valence-corrected chi connectivity index (χ2v) is 3.13. The highest BCUT2D eigenvalue weighted by molar-refractivity contribution is 5.11. The Bertz CT molecular complexity index is 185. The molecular formula is C8H11F3O. The first-order valence-corrected chi connectivity index (χ1v) is 3.87. The largest absolute Gasteiger partial charge is 0.412 e. The van der Waals surface area contributed by atoms with Crippen LogP contribution in [0.2, 0.25) is 0 Å². The molecule has 1 N–H and O–H groups in total. The Morgan fingerprint density at radius 1 is 1.33 bits per heavy atom. The van der Waals surface area contributed by atoms with E-state index in [0.29, 0.717) is 19.3 Å². The maximum atomic E-state index is 12.1. The van der Waals surface area contributed by atoms with Gasteiger partial charge in [-0.25, -0.2) is 0 Å². The Balaban J connectivity index is 2.64. The molecule has 1 saturated carbocycles. The maximum Gasteiger partial charge on any atom is 0.412 e. The van der Waals surface area contributed by atoms with Crippen LogP contribution in [-0.4, -0.2) is 17.4 Å². The first kappa shape index (κ1) is 9.58. The van der Waals surface area contributed by atoms with Crippen molar-refractivity contribution < 1.29 is 18.3 Å². The Kier molecular flexibility index (Phi) is 2.46. The Morgan fingerprint density at radius 2 is 1.92 bits per heavy atom. The highest BCUT2D eigenvalue weighted by Crippen LogP contribution is 2.38. The van der Waals surface area contributed by atoms with E-state index in [2.05, 4.69) is 6.58 Å². The summed E-state index contributed by atoms with van der Waals surface area (Å²) >= 11 is 0. The van der Waals surface area contributed by atoms with Gasteiger partial charge < -0.3 is 5.11 Å². The molecular weight excluding hydrogens is 169 g/mol. The zero-order valence-electron chi connectivity index (χ0n) is 6.56. The maximum absolute atomic E-state index is 12.1. The number of alkyl halides is 3. The Labute approximate surface area is 68.9 Å². The predicted molar refractivity (Wildman–Crippen MR) is 38.5 cm³/mol. The van der Waals surface area contributed by atoms with E-state index in [4.69, 9.17) is 5.11 Å². The summed E-state index contributed by atoms with van der Waals surface area (Å²) in [5, 5.41) is 9.16. The van der Waals surface area contributed by atoms with E-state index in [1.807, 2.05) is 0 Å². The predicted octanol–water partition coefficient (Wildman–Crippen LogP) is 2.27. The van der Waals surface area contributed by atoms with Gasteiger partial charge in [0, 0.05) is 11.5 Å². The number of aliphatic hydroxyl groups excluding tert-OH is 1. The van der Waals surface area contributed by atoms with Crippen molar-refractivity contribution in [2.75, 3.05) is 0 Å². The van der Waals surface area contributed by atoms with Crippen LogP contribution in [0.15, 0.2) is 12.2 Å². The van der Waals surface area contributed by atoms with Crippen molar-refractivity contribution in [2.24, 2.45) is 5.92 Å². The van der Waals surface area contributed by atoms with E-state index in [9.17, 15) is 13.2 Å². The van der Waals surface area contributed by atoms with Crippen molar-refractivity contribution in [3.05, 3.63) is 12.2 Å². The molecule has 1 aliphatic carbocycles. The van der Waals surface area contributed by atoms with E-state index in [1.165, 1.54) is 0 Å². The number of hydrogen-bond acceptors (Lipinski definition) is 1. The van der Waals surface area contributed by atoms with E-state index in [-0.39, 0.29) is 0 Å². The fraction of sp³-hybridized carbons (Fsp3) is 0.750. The molecule has 0 aromatic carbocycles. The molecule has 0 aliphatic heterocycles. The summed E-state index contributed by atoms with van der Waals surface area (Å²) in [5.74, 6) is -0.773. The van der Waals surface area contributed by atoms with Crippen molar-refractivity contribution >= 4 is 0 Å². The Hall–Kier alpha value is -0.510. The normalized spacial score (nSPS) is 30.7. The van der Waals surface area contributed by atoms with E-state index in [1.54, 1.807) is 0 Å². The molecule has 0 amide bonds. The molecule has 0 saturated heterocycles. The third-order valence-corrected chi connectivity index (χ3v) is 2.29. The fourth-order valence-corrected chi connectivity index (χ4v) is 1.56. The Morgan fingerprint density at radius 3 is 2.25 bits per heavy atom. The summed E-state index contributed by atoms with van der Waals surface area (Å²) in [5.41, 5.74) is -0.785. The van der Waals surface area contributed by atoms with Crippen LogP contribution in [0.3, 0.4) is 0 Å². The van der Waals surface area contributed by atoms with Gasteiger partial charge in [0.2, 0.25) is 0 Å². The highest BCUT2D eigenvalue weighted by Gasteiger charge is 2.41. The van der Waals surface area contributed by atoms with Crippen LogP contribution in [0, 0.1) is 5.92 Å². The molecule has 0 aromatic rings. The van der Waals surface area contributed by atoms with Crippen molar-refractivity contribution in [3.8, 4) is 0 Å². The minimum Gasteiger partial charge on any atom is -0.393 e. The van der Waals surface area contributed by atoms with Crippen molar-refractivity contribution in [3.63, 3.8) is 0 Å². The molecule has 0 unspecified atom stereocenters. The van der Waals surface area contributed by atoms with Gasteiger partial charge in [-0.05, 0) is 12.8 Å². The van der Waals surface area contributed by atoms with Crippen molar-refractivity contribution in [1.29, 1.82) is 0 Å². The molecule has 4 heteroatoms. The quantitative estimate of drug-likeness (QED) is 0.613. The highest BCUT2D eigenvalue weighted by atomic mass is 19.4. The second-order valence-electron chi connectivity index (χ2n) is 3.13. The average Bonchev–Trinajstić information content (AvgIpc) is 2.31. The van der Waals surface area contributed by atoms with Gasteiger partial charge in [-0.3, -0.25) is 0 Å². The van der Waals surface area contributed by atoms with Crippen LogP contribution >= 0.6 is 0 Å². The lowest BCUT2D eigenvalue weighted by Crippen LogP contribution is -2.24. The summed E-state index contributed by atoms with van der Waals surface area (Å²) in [7, 11) is 0. The molecule has 12 heavy (non-hydrogen) atoms. The molecule has 1 nitrogen and oxygen atoms in total. The minimum absolute atomic E-state index is 0.402. The molecule has 1 rings (SSSR count). The van der Waals surface area contributed by atoms with Crippen LogP contribution in [0.25, 0.3) is 0 Å². The summed E-state index contributed by atoms with van der Waals surface area (Å²) in [6, 6.07) is 0. The van der Waals surface area contributed by atoms with Crippen LogP contribution in [0.1, 0.15) is 19.3 Å². The van der Waals surface area contributed by atoms with Gasteiger partial charge in [-0.1, -0.05) is 13.0 Å². The van der Waals surface area contributed by atoms with Gasteiger partial charge in [0.05, 0.1) is 6.10 Å². The molecule has 2 atom stereocenters. The molecule has 1 fully saturated rings. The van der Waals surface area contributed by atoms with E-state index in [0.717, 1.165) is 0 Å². The topological polar surface area (TPSA) is 20.2 Å². The first-order chi connectivity index (χ1) is 5.43. The molecule has 1 aliphatic rings. The molecule has 0 aromatic heterocycles. The molecule has 70 valence electrons. The van der Waals surface area contributed by atoms with Crippen molar-refractivity contribution in [2.45, 2.75) is 31.5 Å². The van der Waals surface area contributed by atoms with Crippen LogP contribution in [-0.2, 0) is 0 Å². The summed E-state index contributed by atoms with van der Waals surface area (Å²) < 4.78 is 36.2. The van der Waals surface area contributed by atoms with Crippen molar-refractivity contribution in [1.82, 2.24) is 0 Å². The van der Waals surface area contributed by atoms with E-state index >= 15 is 0 Å². The van der Waals surface area contributed by atoms with Gasteiger partial charge >= 0.3 is 6.18 Å². The smallest absolute Gasteiger partial charge is 0.393 e. The second kappa shape index (κ2) is 3.09. The number of hydrogen-bond donors (Lipinski definition) is 1. The number of aliphatic hydroxyl groups is 1. The number of rotatable bonds is 1. The van der Waals surface area contributed by atoms with Crippen LogP contribution in [0.4, 0.5) is 13.2 Å². The van der Waals surface area contributed by atoms with Gasteiger partial charge in [0.15, 0.2) is 0 Å². The lowest BCUT2D eigenvalue weighted by atomic mass is 9.96.